The van der Waals surface area contributed by atoms with E-state index in [-0.39, 0.29) is 5.91 Å². The van der Waals surface area contributed by atoms with Crippen LogP contribution >= 0.6 is 0 Å². The molecule has 0 aliphatic carbocycles. The summed E-state index contributed by atoms with van der Waals surface area (Å²) in [7, 11) is 0. The predicted molar refractivity (Wildman–Crippen MR) is 104 cm³/mol. The summed E-state index contributed by atoms with van der Waals surface area (Å²) in [5.41, 5.74) is 3.79. The van der Waals surface area contributed by atoms with E-state index in [1.165, 1.54) is 5.56 Å². The lowest BCUT2D eigenvalue weighted by atomic mass is 10.1. The average Bonchev–Trinajstić information content (AvgIpc) is 2.68. The van der Waals surface area contributed by atoms with Crippen LogP contribution in [0.15, 0.2) is 67.0 Å². The SMILES string of the molecule is Cc1ccccc1Nc1ncc(C(=O)NCCCc2ccccc2)cn1. The van der Waals surface area contributed by atoms with E-state index in [4.69, 9.17) is 0 Å². The molecular formula is C21H22N4O. The Kier molecular flexibility index (Phi) is 5.93. The van der Waals surface area contributed by atoms with Gasteiger partial charge in [0.05, 0.1) is 5.56 Å². The van der Waals surface area contributed by atoms with E-state index in [9.17, 15) is 4.79 Å². The Hall–Kier alpha value is -3.21. The Balaban J connectivity index is 1.48. The molecule has 132 valence electrons. The van der Waals surface area contributed by atoms with Crippen molar-refractivity contribution in [2.75, 3.05) is 11.9 Å². The molecule has 26 heavy (non-hydrogen) atoms. The van der Waals surface area contributed by atoms with Gasteiger partial charge in [0.2, 0.25) is 5.95 Å². The molecule has 0 aliphatic rings. The molecule has 0 bridgehead atoms. The molecule has 3 aromatic rings. The first-order valence-electron chi connectivity index (χ1n) is 8.69. The molecule has 0 saturated heterocycles. The third-order valence-corrected chi connectivity index (χ3v) is 4.08. The van der Waals surface area contributed by atoms with Crippen molar-refractivity contribution in [2.45, 2.75) is 19.8 Å². The second-order valence-electron chi connectivity index (χ2n) is 6.08. The molecule has 3 rings (SSSR count). The van der Waals surface area contributed by atoms with E-state index < -0.39 is 0 Å². The Labute approximate surface area is 153 Å². The number of nitrogens with one attached hydrogen (secondary N) is 2. The normalized spacial score (nSPS) is 10.3. The molecule has 1 aromatic heterocycles. The number of benzene rings is 2. The summed E-state index contributed by atoms with van der Waals surface area (Å²) in [5.74, 6) is 0.320. The highest BCUT2D eigenvalue weighted by Gasteiger charge is 2.07. The number of nitrogens with zero attached hydrogens (tertiary/aromatic N) is 2. The first-order valence-corrected chi connectivity index (χ1v) is 8.69. The van der Waals surface area contributed by atoms with Crippen molar-refractivity contribution >= 4 is 17.5 Å². The molecule has 0 aliphatic heterocycles. The number of amides is 1. The highest BCUT2D eigenvalue weighted by molar-refractivity contribution is 5.93. The second-order valence-corrected chi connectivity index (χ2v) is 6.08. The van der Waals surface area contributed by atoms with Crippen molar-refractivity contribution in [1.29, 1.82) is 0 Å². The molecule has 2 aromatic carbocycles. The summed E-state index contributed by atoms with van der Waals surface area (Å²) in [5, 5.41) is 6.06. The Morgan fingerprint density at radius 1 is 0.962 bits per heavy atom. The quantitative estimate of drug-likeness (QED) is 0.637. The fourth-order valence-corrected chi connectivity index (χ4v) is 2.58. The van der Waals surface area contributed by atoms with E-state index in [0.717, 1.165) is 24.1 Å². The van der Waals surface area contributed by atoms with Crippen molar-refractivity contribution in [2.24, 2.45) is 0 Å². The number of para-hydroxylation sites is 1. The van der Waals surface area contributed by atoms with Crippen LogP contribution in [0.5, 0.6) is 0 Å². The standard InChI is InChI=1S/C21H22N4O/c1-16-8-5-6-12-19(16)25-21-23-14-18(15-24-21)20(26)22-13-7-11-17-9-3-2-4-10-17/h2-6,8-10,12,14-15H,7,11,13H2,1H3,(H,22,26)(H,23,24,25). The monoisotopic (exact) mass is 346 g/mol. The number of anilines is 2. The summed E-state index contributed by atoms with van der Waals surface area (Å²) in [6.07, 6.45) is 4.92. The number of aromatic nitrogens is 2. The topological polar surface area (TPSA) is 66.9 Å². The fraction of sp³-hybridized carbons (Fsp3) is 0.190. The molecule has 5 nitrogen and oxygen atoms in total. The van der Waals surface area contributed by atoms with E-state index in [1.807, 2.05) is 49.4 Å². The maximum atomic E-state index is 12.2. The molecule has 1 amide bonds. The summed E-state index contributed by atoms with van der Waals surface area (Å²) >= 11 is 0. The highest BCUT2D eigenvalue weighted by atomic mass is 16.1. The molecule has 0 atom stereocenters. The van der Waals surface area contributed by atoms with Crippen LogP contribution in [0.1, 0.15) is 27.9 Å². The number of carbonyl (C=O) groups is 1. The van der Waals surface area contributed by atoms with Crippen LogP contribution < -0.4 is 10.6 Å². The maximum absolute atomic E-state index is 12.2. The first-order chi connectivity index (χ1) is 12.7. The van der Waals surface area contributed by atoms with Gasteiger partial charge in [0.15, 0.2) is 0 Å². The van der Waals surface area contributed by atoms with Crippen molar-refractivity contribution in [3.63, 3.8) is 0 Å². The largest absolute Gasteiger partial charge is 0.352 e. The zero-order chi connectivity index (χ0) is 18.2. The summed E-state index contributed by atoms with van der Waals surface area (Å²) in [6, 6.07) is 18.1. The minimum Gasteiger partial charge on any atom is -0.352 e. The van der Waals surface area contributed by atoms with Gasteiger partial charge in [0.1, 0.15) is 0 Å². The second kappa shape index (κ2) is 8.76. The van der Waals surface area contributed by atoms with E-state index in [1.54, 1.807) is 12.4 Å². The zero-order valence-electron chi connectivity index (χ0n) is 14.8. The molecule has 0 fully saturated rings. The lowest BCUT2D eigenvalue weighted by molar-refractivity contribution is 0.0952. The minimum absolute atomic E-state index is 0.152. The smallest absolute Gasteiger partial charge is 0.254 e. The summed E-state index contributed by atoms with van der Waals surface area (Å²) in [6.45, 7) is 2.64. The fourth-order valence-electron chi connectivity index (χ4n) is 2.58. The molecule has 0 radical (unpaired) electrons. The molecular weight excluding hydrogens is 324 g/mol. The zero-order valence-corrected chi connectivity index (χ0v) is 14.8. The van der Waals surface area contributed by atoms with Crippen LogP contribution in [0.2, 0.25) is 0 Å². The summed E-state index contributed by atoms with van der Waals surface area (Å²) < 4.78 is 0. The highest BCUT2D eigenvalue weighted by Crippen LogP contribution is 2.16. The van der Waals surface area contributed by atoms with Gasteiger partial charge in [-0.15, -0.1) is 0 Å². The number of hydrogen-bond donors (Lipinski definition) is 2. The van der Waals surface area contributed by atoms with E-state index >= 15 is 0 Å². The number of rotatable bonds is 7. The Bertz CT molecular complexity index is 847. The lowest BCUT2D eigenvalue weighted by Gasteiger charge is -2.08. The summed E-state index contributed by atoms with van der Waals surface area (Å²) in [4.78, 5) is 20.6. The van der Waals surface area contributed by atoms with E-state index in [2.05, 4.69) is 32.7 Å². The van der Waals surface area contributed by atoms with Crippen LogP contribution in [0.25, 0.3) is 0 Å². The van der Waals surface area contributed by atoms with Crippen LogP contribution in [0.3, 0.4) is 0 Å². The van der Waals surface area contributed by atoms with E-state index in [0.29, 0.717) is 18.1 Å². The van der Waals surface area contributed by atoms with Crippen molar-refractivity contribution in [3.05, 3.63) is 83.7 Å². The van der Waals surface area contributed by atoms with Crippen LogP contribution in [0.4, 0.5) is 11.6 Å². The molecule has 0 spiro atoms. The van der Waals surface area contributed by atoms with Gasteiger partial charge in [-0.1, -0.05) is 48.5 Å². The molecule has 2 N–H and O–H groups in total. The Morgan fingerprint density at radius 3 is 2.38 bits per heavy atom. The maximum Gasteiger partial charge on any atom is 0.254 e. The van der Waals surface area contributed by atoms with Gasteiger partial charge in [-0.05, 0) is 37.0 Å². The van der Waals surface area contributed by atoms with Crippen LogP contribution in [-0.2, 0) is 6.42 Å². The third kappa shape index (κ3) is 4.89. The lowest BCUT2D eigenvalue weighted by Crippen LogP contribution is -2.25. The van der Waals surface area contributed by atoms with Gasteiger partial charge < -0.3 is 10.6 Å². The van der Waals surface area contributed by atoms with Gasteiger partial charge >= 0.3 is 0 Å². The van der Waals surface area contributed by atoms with Gasteiger partial charge in [-0.3, -0.25) is 4.79 Å². The van der Waals surface area contributed by atoms with Crippen molar-refractivity contribution < 1.29 is 4.79 Å². The van der Waals surface area contributed by atoms with Crippen molar-refractivity contribution in [1.82, 2.24) is 15.3 Å². The number of carbonyl (C=O) groups excluding carboxylic acids is 1. The first kappa shape index (κ1) is 17.6. The molecule has 0 unspecified atom stereocenters. The van der Waals surface area contributed by atoms with Crippen LogP contribution in [0, 0.1) is 6.92 Å². The van der Waals surface area contributed by atoms with Gasteiger partial charge in [-0.25, -0.2) is 9.97 Å². The number of aryl methyl sites for hydroxylation is 2. The van der Waals surface area contributed by atoms with Gasteiger partial charge in [0, 0.05) is 24.6 Å². The predicted octanol–water partition coefficient (Wildman–Crippen LogP) is 3.89. The molecule has 0 saturated carbocycles. The Morgan fingerprint density at radius 2 is 1.65 bits per heavy atom. The van der Waals surface area contributed by atoms with Gasteiger partial charge in [0.25, 0.3) is 5.91 Å². The minimum atomic E-state index is -0.152. The van der Waals surface area contributed by atoms with Crippen molar-refractivity contribution in [3.8, 4) is 0 Å². The van der Waals surface area contributed by atoms with Crippen LogP contribution in [-0.4, -0.2) is 22.4 Å². The molecule has 5 heteroatoms. The van der Waals surface area contributed by atoms with Gasteiger partial charge in [-0.2, -0.15) is 0 Å². The number of hydrogen-bond acceptors (Lipinski definition) is 4. The third-order valence-electron chi connectivity index (χ3n) is 4.08. The molecule has 1 heterocycles. The average molecular weight is 346 g/mol.